The van der Waals surface area contributed by atoms with Gasteiger partial charge in [0.15, 0.2) is 0 Å². The molecule has 2 N–H and O–H groups in total. The average molecular weight is 255 g/mol. The van der Waals surface area contributed by atoms with E-state index < -0.39 is 0 Å². The second-order valence-corrected chi connectivity index (χ2v) is 4.60. The van der Waals surface area contributed by atoms with Crippen LogP contribution < -0.4 is 5.73 Å². The van der Waals surface area contributed by atoms with Crippen LogP contribution in [0.2, 0.25) is 5.02 Å². The molecule has 1 heterocycles. The molecule has 0 aliphatic carbocycles. The Balaban J connectivity index is 0.00000169. The maximum Gasteiger partial charge on any atom is 0.0558 e. The van der Waals surface area contributed by atoms with E-state index in [2.05, 4.69) is 18.9 Å². The molecule has 1 aromatic rings. The largest absolute Gasteiger partial charge is 0.329 e. The number of hydrogen-bond donors (Lipinski definition) is 1. The summed E-state index contributed by atoms with van der Waals surface area (Å²) in [7, 11) is 2.06. The highest BCUT2D eigenvalue weighted by Crippen LogP contribution is 2.23. The van der Waals surface area contributed by atoms with Crippen LogP contribution in [0.1, 0.15) is 11.8 Å². The Labute approximate surface area is 100 Å². The summed E-state index contributed by atoms with van der Waals surface area (Å²) < 4.78 is 0. The number of likely N-dealkylation sites (N-methyl/N-ethyl adjacent to an activating group) is 1. The molecule has 0 bridgehead atoms. The molecule has 0 radical (unpaired) electrons. The Bertz CT molecular complexity index is 265. The van der Waals surface area contributed by atoms with Crippen molar-refractivity contribution in [2.75, 3.05) is 13.6 Å². The molecule has 1 rings (SSSR count). The molecule has 1 aromatic heterocycles. The minimum absolute atomic E-state index is 0. The number of thiophene rings is 1. The Hall–Kier alpha value is 0.200. The molecule has 0 aromatic carbocycles. The molecule has 1 unspecified atom stereocenters. The van der Waals surface area contributed by atoms with E-state index in [0.29, 0.717) is 12.6 Å². The highest BCUT2D eigenvalue weighted by molar-refractivity contribution is 7.10. The topological polar surface area (TPSA) is 29.3 Å². The summed E-state index contributed by atoms with van der Waals surface area (Å²) in [5.74, 6) is 0. The summed E-state index contributed by atoms with van der Waals surface area (Å²) in [6, 6.07) is 2.33. The summed E-state index contributed by atoms with van der Waals surface area (Å²) in [6.45, 7) is 3.68. The lowest BCUT2D eigenvalue weighted by Gasteiger charge is -2.22. The molecule has 0 amide bonds. The Morgan fingerprint density at radius 1 is 1.64 bits per heavy atom. The second kappa shape index (κ2) is 6.64. The Morgan fingerprint density at radius 2 is 2.29 bits per heavy atom. The molecule has 2 nitrogen and oxygen atoms in total. The monoisotopic (exact) mass is 254 g/mol. The van der Waals surface area contributed by atoms with Crippen LogP contribution >= 0.6 is 35.3 Å². The van der Waals surface area contributed by atoms with Crippen molar-refractivity contribution in [2.24, 2.45) is 5.73 Å². The lowest BCUT2D eigenvalue weighted by atomic mass is 10.3. The van der Waals surface area contributed by atoms with Gasteiger partial charge in [-0.05, 0) is 25.4 Å². The van der Waals surface area contributed by atoms with Crippen LogP contribution in [0.4, 0.5) is 0 Å². The number of nitrogens with zero attached hydrogens (tertiary/aromatic N) is 1. The number of nitrogens with two attached hydrogens (primary N) is 1. The number of rotatable bonds is 4. The lowest BCUT2D eigenvalue weighted by Crippen LogP contribution is -2.34. The third kappa shape index (κ3) is 3.75. The molecule has 1 atom stereocenters. The third-order valence-electron chi connectivity index (χ3n) is 2.18. The molecule has 0 aliphatic heterocycles. The van der Waals surface area contributed by atoms with Gasteiger partial charge >= 0.3 is 0 Å². The quantitative estimate of drug-likeness (QED) is 0.896. The molecule has 0 saturated carbocycles. The Kier molecular flexibility index (Phi) is 6.74. The zero-order valence-corrected chi connectivity index (χ0v) is 10.8. The highest BCUT2D eigenvalue weighted by Gasteiger charge is 2.10. The van der Waals surface area contributed by atoms with Gasteiger partial charge in [-0.15, -0.1) is 23.7 Å². The molecule has 0 spiro atoms. The van der Waals surface area contributed by atoms with Gasteiger partial charge in [0.05, 0.1) is 5.02 Å². The maximum absolute atomic E-state index is 5.98. The summed E-state index contributed by atoms with van der Waals surface area (Å²) in [5, 5.41) is 2.87. The van der Waals surface area contributed by atoms with Gasteiger partial charge in [-0.2, -0.15) is 0 Å². The molecule has 0 aliphatic rings. The van der Waals surface area contributed by atoms with Gasteiger partial charge < -0.3 is 5.73 Å². The fourth-order valence-corrected chi connectivity index (χ4v) is 2.16. The van der Waals surface area contributed by atoms with Gasteiger partial charge in [-0.3, -0.25) is 4.90 Å². The van der Waals surface area contributed by atoms with Crippen LogP contribution in [0.3, 0.4) is 0 Å². The molecular formula is C9H16Cl2N2S. The van der Waals surface area contributed by atoms with E-state index in [1.54, 1.807) is 11.3 Å². The standard InChI is InChI=1S/C9H15ClN2S.ClH/c1-7(5-11)12(2)6-9-8(10)3-4-13-9;/h3-4,7H,5-6,11H2,1-2H3;1H. The van der Waals surface area contributed by atoms with E-state index in [1.807, 2.05) is 11.4 Å². The Morgan fingerprint density at radius 3 is 2.71 bits per heavy atom. The van der Waals surface area contributed by atoms with E-state index in [0.717, 1.165) is 11.6 Å². The van der Waals surface area contributed by atoms with Crippen molar-refractivity contribution in [3.05, 3.63) is 21.3 Å². The fraction of sp³-hybridized carbons (Fsp3) is 0.556. The van der Waals surface area contributed by atoms with Crippen LogP contribution in [0, 0.1) is 0 Å². The lowest BCUT2D eigenvalue weighted by molar-refractivity contribution is 0.257. The van der Waals surface area contributed by atoms with Gasteiger partial charge in [0.25, 0.3) is 0 Å². The first-order valence-corrected chi connectivity index (χ1v) is 5.53. The van der Waals surface area contributed by atoms with Gasteiger partial charge in [-0.1, -0.05) is 11.6 Å². The zero-order valence-electron chi connectivity index (χ0n) is 8.37. The summed E-state index contributed by atoms with van der Waals surface area (Å²) in [6.07, 6.45) is 0. The van der Waals surface area contributed by atoms with Crippen LogP contribution in [0.25, 0.3) is 0 Å². The molecular weight excluding hydrogens is 239 g/mol. The van der Waals surface area contributed by atoms with Crippen molar-refractivity contribution in [3.63, 3.8) is 0 Å². The molecule has 0 saturated heterocycles. The first-order valence-electron chi connectivity index (χ1n) is 4.27. The van der Waals surface area contributed by atoms with Crippen LogP contribution in [-0.2, 0) is 6.54 Å². The summed E-state index contributed by atoms with van der Waals surface area (Å²) in [5.41, 5.74) is 5.57. The molecule has 0 fully saturated rings. The number of hydrogen-bond acceptors (Lipinski definition) is 3. The van der Waals surface area contributed by atoms with E-state index in [1.165, 1.54) is 4.88 Å². The maximum atomic E-state index is 5.98. The summed E-state index contributed by atoms with van der Waals surface area (Å²) >= 11 is 7.68. The van der Waals surface area contributed by atoms with E-state index in [9.17, 15) is 0 Å². The van der Waals surface area contributed by atoms with Crippen molar-refractivity contribution >= 4 is 35.3 Å². The van der Waals surface area contributed by atoms with Crippen molar-refractivity contribution in [2.45, 2.75) is 19.5 Å². The number of halogens is 2. The minimum Gasteiger partial charge on any atom is -0.329 e. The van der Waals surface area contributed by atoms with Gasteiger partial charge in [0.2, 0.25) is 0 Å². The van der Waals surface area contributed by atoms with Crippen molar-refractivity contribution in [1.82, 2.24) is 4.90 Å². The highest BCUT2D eigenvalue weighted by atomic mass is 35.5. The molecule has 5 heteroatoms. The predicted molar refractivity (Wildman–Crippen MR) is 66.6 cm³/mol. The molecule has 14 heavy (non-hydrogen) atoms. The van der Waals surface area contributed by atoms with Gasteiger partial charge in [-0.25, -0.2) is 0 Å². The van der Waals surface area contributed by atoms with E-state index in [4.69, 9.17) is 17.3 Å². The van der Waals surface area contributed by atoms with Gasteiger partial charge in [0.1, 0.15) is 0 Å². The summed E-state index contributed by atoms with van der Waals surface area (Å²) in [4.78, 5) is 3.42. The first-order chi connectivity index (χ1) is 6.15. The van der Waals surface area contributed by atoms with Crippen LogP contribution in [-0.4, -0.2) is 24.5 Å². The van der Waals surface area contributed by atoms with Gasteiger partial charge in [0, 0.05) is 24.0 Å². The van der Waals surface area contributed by atoms with Crippen molar-refractivity contribution < 1.29 is 0 Å². The predicted octanol–water partition coefficient (Wildman–Crippen LogP) is 2.60. The normalized spacial score (nSPS) is 12.6. The molecule has 82 valence electrons. The SMILES string of the molecule is CC(CN)N(C)Cc1sccc1Cl.Cl. The fourth-order valence-electron chi connectivity index (χ4n) is 1.00. The third-order valence-corrected chi connectivity index (χ3v) is 3.55. The zero-order chi connectivity index (χ0) is 9.84. The van der Waals surface area contributed by atoms with Crippen LogP contribution in [0.15, 0.2) is 11.4 Å². The van der Waals surface area contributed by atoms with Crippen molar-refractivity contribution in [3.8, 4) is 0 Å². The second-order valence-electron chi connectivity index (χ2n) is 3.19. The first kappa shape index (κ1) is 14.2. The van der Waals surface area contributed by atoms with E-state index in [-0.39, 0.29) is 12.4 Å². The smallest absolute Gasteiger partial charge is 0.0558 e. The average Bonchev–Trinajstić information content (AvgIpc) is 2.50. The van der Waals surface area contributed by atoms with Crippen molar-refractivity contribution in [1.29, 1.82) is 0 Å². The van der Waals surface area contributed by atoms with Crippen LogP contribution in [0.5, 0.6) is 0 Å². The minimum atomic E-state index is 0. The van der Waals surface area contributed by atoms with E-state index >= 15 is 0 Å².